The van der Waals surface area contributed by atoms with Crippen molar-refractivity contribution in [3.8, 4) is 0 Å². The Morgan fingerprint density at radius 3 is 1.88 bits per heavy atom. The van der Waals surface area contributed by atoms with E-state index in [1.54, 1.807) is 0 Å². The lowest BCUT2D eigenvalue weighted by Crippen LogP contribution is -2.19. The third-order valence-corrected chi connectivity index (χ3v) is 3.86. The van der Waals surface area contributed by atoms with Crippen LogP contribution in [-0.2, 0) is 0 Å². The van der Waals surface area contributed by atoms with Gasteiger partial charge in [-0.1, -0.05) is 72.8 Å². The van der Waals surface area contributed by atoms with Gasteiger partial charge in [-0.3, -0.25) is 0 Å². The van der Waals surface area contributed by atoms with E-state index in [2.05, 4.69) is 47.8 Å². The van der Waals surface area contributed by atoms with Gasteiger partial charge in [-0.05, 0) is 35.3 Å². The van der Waals surface area contributed by atoms with Crippen molar-refractivity contribution in [3.63, 3.8) is 0 Å². The average molecular weight is 234 g/mol. The molecule has 0 bridgehead atoms. The van der Waals surface area contributed by atoms with Crippen LogP contribution in [0.25, 0.3) is 0 Å². The molecule has 0 fully saturated rings. The molecule has 0 N–H and O–H groups in total. The van der Waals surface area contributed by atoms with Gasteiger partial charge in [0.1, 0.15) is 0 Å². The van der Waals surface area contributed by atoms with Gasteiger partial charge in [0.05, 0.1) is 0 Å². The average Bonchev–Trinajstić information content (AvgIpc) is 2.32. The Kier molecular flexibility index (Phi) is 7.18. The molecule has 0 spiro atoms. The molecule has 0 aliphatic heterocycles. The van der Waals surface area contributed by atoms with Crippen LogP contribution >= 0.6 is 0 Å². The van der Waals surface area contributed by atoms with E-state index in [-0.39, 0.29) is 5.41 Å². The summed E-state index contributed by atoms with van der Waals surface area (Å²) in [4.78, 5) is 0. The second kappa shape index (κ2) is 7.53. The summed E-state index contributed by atoms with van der Waals surface area (Å²) in [6, 6.07) is 0. The van der Waals surface area contributed by atoms with Crippen LogP contribution in [0.15, 0.2) is 36.5 Å². The van der Waals surface area contributed by atoms with Crippen molar-refractivity contribution in [2.45, 2.75) is 60.3 Å². The molecule has 0 heteroatoms. The maximum absolute atomic E-state index is 4.00. The van der Waals surface area contributed by atoms with Gasteiger partial charge in [-0.25, -0.2) is 0 Å². The van der Waals surface area contributed by atoms with Crippen molar-refractivity contribution >= 4 is 0 Å². The first-order chi connectivity index (χ1) is 7.96. The van der Waals surface area contributed by atoms with Crippen molar-refractivity contribution in [2.24, 2.45) is 11.3 Å². The summed E-state index contributed by atoms with van der Waals surface area (Å²) < 4.78 is 0. The Labute approximate surface area is 109 Å². The zero-order valence-corrected chi connectivity index (χ0v) is 12.5. The van der Waals surface area contributed by atoms with Gasteiger partial charge in [0.25, 0.3) is 0 Å². The Hall–Kier alpha value is -0.780. The number of allylic oxidation sites excluding steroid dienone is 4. The standard InChI is InChI=1S/C17H30/c1-8-14(9-2)13-17(6,7)16(12-5)15(10-3)11-4/h10,12,14H,3,5,8-9,11,13H2,1-2,4,6-7H3/b16-15-. The first-order valence-electron chi connectivity index (χ1n) is 6.95. The van der Waals surface area contributed by atoms with Crippen LogP contribution in [0.1, 0.15) is 60.3 Å². The van der Waals surface area contributed by atoms with E-state index in [4.69, 9.17) is 0 Å². The molecule has 0 aliphatic rings. The largest absolute Gasteiger partial charge is 0.0988 e. The Bertz CT molecular complexity index is 274. The summed E-state index contributed by atoms with van der Waals surface area (Å²) in [6.45, 7) is 19.4. The molecular formula is C17H30. The summed E-state index contributed by atoms with van der Waals surface area (Å²) in [7, 11) is 0. The highest BCUT2D eigenvalue weighted by molar-refractivity contribution is 5.35. The maximum atomic E-state index is 4.00. The van der Waals surface area contributed by atoms with Crippen LogP contribution in [-0.4, -0.2) is 0 Å². The molecule has 0 amide bonds. The van der Waals surface area contributed by atoms with E-state index in [1.807, 2.05) is 12.2 Å². The molecule has 0 heterocycles. The van der Waals surface area contributed by atoms with E-state index >= 15 is 0 Å². The van der Waals surface area contributed by atoms with Gasteiger partial charge in [0.2, 0.25) is 0 Å². The van der Waals surface area contributed by atoms with Gasteiger partial charge in [-0.2, -0.15) is 0 Å². The highest BCUT2D eigenvalue weighted by atomic mass is 14.3. The molecule has 0 aromatic heterocycles. The summed E-state index contributed by atoms with van der Waals surface area (Å²) in [5.74, 6) is 0.808. The highest BCUT2D eigenvalue weighted by Gasteiger charge is 2.25. The second-order valence-corrected chi connectivity index (χ2v) is 5.47. The molecule has 0 radical (unpaired) electrons. The molecule has 0 saturated carbocycles. The van der Waals surface area contributed by atoms with Crippen molar-refractivity contribution in [3.05, 3.63) is 36.5 Å². The Balaban J connectivity index is 5.17. The lowest BCUT2D eigenvalue weighted by Gasteiger charge is -2.32. The normalized spacial score (nSPS) is 13.5. The molecule has 0 unspecified atom stereocenters. The highest BCUT2D eigenvalue weighted by Crippen LogP contribution is 2.38. The zero-order chi connectivity index (χ0) is 13.5. The Morgan fingerprint density at radius 1 is 1.06 bits per heavy atom. The lowest BCUT2D eigenvalue weighted by atomic mass is 9.73. The van der Waals surface area contributed by atoms with Gasteiger partial charge in [-0.15, -0.1) is 0 Å². The number of hydrogen-bond donors (Lipinski definition) is 0. The van der Waals surface area contributed by atoms with Gasteiger partial charge in [0.15, 0.2) is 0 Å². The van der Waals surface area contributed by atoms with Gasteiger partial charge < -0.3 is 0 Å². The zero-order valence-electron chi connectivity index (χ0n) is 12.5. The summed E-state index contributed by atoms with van der Waals surface area (Å²) in [5.41, 5.74) is 2.93. The van der Waals surface area contributed by atoms with Crippen molar-refractivity contribution < 1.29 is 0 Å². The fraction of sp³-hybridized carbons (Fsp3) is 0.647. The van der Waals surface area contributed by atoms with Crippen LogP contribution in [0.3, 0.4) is 0 Å². The van der Waals surface area contributed by atoms with E-state index < -0.39 is 0 Å². The molecule has 0 nitrogen and oxygen atoms in total. The molecule has 0 saturated heterocycles. The van der Waals surface area contributed by atoms with Crippen LogP contribution in [0.2, 0.25) is 0 Å². The van der Waals surface area contributed by atoms with E-state index in [1.165, 1.54) is 30.4 Å². The summed E-state index contributed by atoms with van der Waals surface area (Å²) in [5, 5.41) is 0. The van der Waals surface area contributed by atoms with E-state index in [0.29, 0.717) is 0 Å². The monoisotopic (exact) mass is 234 g/mol. The number of rotatable bonds is 8. The smallest absolute Gasteiger partial charge is 0.00984 e. The fourth-order valence-electron chi connectivity index (χ4n) is 2.70. The quantitative estimate of drug-likeness (QED) is 0.457. The number of hydrogen-bond acceptors (Lipinski definition) is 0. The van der Waals surface area contributed by atoms with Crippen molar-refractivity contribution in [2.75, 3.05) is 0 Å². The molecular weight excluding hydrogens is 204 g/mol. The van der Waals surface area contributed by atoms with Crippen LogP contribution in [0.4, 0.5) is 0 Å². The molecule has 0 atom stereocenters. The van der Waals surface area contributed by atoms with Gasteiger partial charge in [0, 0.05) is 0 Å². The fourth-order valence-corrected chi connectivity index (χ4v) is 2.70. The molecule has 0 aromatic carbocycles. The molecule has 0 aromatic rings. The third kappa shape index (κ3) is 4.53. The summed E-state index contributed by atoms with van der Waals surface area (Å²) >= 11 is 0. The van der Waals surface area contributed by atoms with Gasteiger partial charge >= 0.3 is 0 Å². The van der Waals surface area contributed by atoms with E-state index in [9.17, 15) is 0 Å². The van der Waals surface area contributed by atoms with Crippen LogP contribution < -0.4 is 0 Å². The minimum absolute atomic E-state index is 0.206. The Morgan fingerprint density at radius 2 is 1.59 bits per heavy atom. The molecule has 17 heavy (non-hydrogen) atoms. The first kappa shape index (κ1) is 16.2. The summed E-state index contributed by atoms with van der Waals surface area (Å²) in [6.07, 6.45) is 8.82. The van der Waals surface area contributed by atoms with Crippen LogP contribution in [0.5, 0.6) is 0 Å². The predicted molar refractivity (Wildman–Crippen MR) is 80.2 cm³/mol. The topological polar surface area (TPSA) is 0 Å². The lowest BCUT2D eigenvalue weighted by molar-refractivity contribution is 0.305. The first-order valence-corrected chi connectivity index (χ1v) is 6.95. The minimum Gasteiger partial charge on any atom is -0.0988 e. The SMILES string of the molecule is C=C/C(CC)=C(\C=C)C(C)(C)CC(CC)CC. The molecule has 0 aliphatic carbocycles. The van der Waals surface area contributed by atoms with Crippen molar-refractivity contribution in [1.29, 1.82) is 0 Å². The van der Waals surface area contributed by atoms with Crippen LogP contribution in [0, 0.1) is 11.3 Å². The third-order valence-electron chi connectivity index (χ3n) is 3.86. The maximum Gasteiger partial charge on any atom is -0.00984 e. The molecule has 98 valence electrons. The molecule has 0 rings (SSSR count). The van der Waals surface area contributed by atoms with Crippen molar-refractivity contribution in [1.82, 2.24) is 0 Å². The van der Waals surface area contributed by atoms with E-state index in [0.717, 1.165) is 12.3 Å². The predicted octanol–water partition coefficient (Wildman–Crippen LogP) is 5.92. The second-order valence-electron chi connectivity index (χ2n) is 5.47. The minimum atomic E-state index is 0.206.